The smallest absolute Gasteiger partial charge is 0.235 e. The molecule has 6 heteroatoms. The molecule has 2 amide bonds. The second kappa shape index (κ2) is 6.79. The summed E-state index contributed by atoms with van der Waals surface area (Å²) in [5.41, 5.74) is 3.06. The number of anilines is 1. The molecule has 2 bridgehead atoms. The van der Waals surface area contributed by atoms with Gasteiger partial charge in [0, 0.05) is 11.8 Å². The van der Waals surface area contributed by atoms with E-state index in [0.29, 0.717) is 12.4 Å². The number of hydrogen-bond acceptors (Lipinski definition) is 3. The van der Waals surface area contributed by atoms with Crippen LogP contribution in [0.2, 0.25) is 0 Å². The first-order valence-electron chi connectivity index (χ1n) is 10.8. The molecule has 4 aromatic rings. The number of H-pyrrole nitrogens is 1. The highest BCUT2D eigenvalue weighted by Gasteiger charge is 2.55. The molecule has 3 N–H and O–H groups in total. The lowest BCUT2D eigenvalue weighted by molar-refractivity contribution is -0.137. The van der Waals surface area contributed by atoms with E-state index in [1.165, 1.54) is 0 Å². The fourth-order valence-electron chi connectivity index (χ4n) is 5.25. The molecule has 0 radical (unpaired) electrons. The summed E-state index contributed by atoms with van der Waals surface area (Å²) in [6, 6.07) is 21.8. The van der Waals surface area contributed by atoms with Crippen molar-refractivity contribution in [2.45, 2.75) is 25.3 Å². The number of nitrogens with zero attached hydrogens (tertiary/aromatic N) is 1. The zero-order chi connectivity index (χ0) is 21.9. The lowest BCUT2D eigenvalue weighted by Gasteiger charge is -2.49. The Morgan fingerprint density at radius 2 is 1.78 bits per heavy atom. The minimum atomic E-state index is -0.765. The average Bonchev–Trinajstić information content (AvgIpc) is 3.28. The Hall–Kier alpha value is -3.93. The van der Waals surface area contributed by atoms with Crippen molar-refractivity contribution < 1.29 is 9.59 Å². The van der Waals surface area contributed by atoms with Gasteiger partial charge < -0.3 is 10.3 Å². The number of carbonyl (C=O) groups is 2. The van der Waals surface area contributed by atoms with Gasteiger partial charge in [-0.3, -0.25) is 14.9 Å². The summed E-state index contributed by atoms with van der Waals surface area (Å²) in [7, 11) is 0. The van der Waals surface area contributed by atoms with Crippen LogP contribution in [0.25, 0.3) is 22.0 Å². The number of carbonyl (C=O) groups excluding carboxylic acids is 2. The molecule has 3 aliphatic rings. The van der Waals surface area contributed by atoms with Gasteiger partial charge in [0.2, 0.25) is 17.8 Å². The predicted octanol–water partition coefficient (Wildman–Crippen LogP) is 4.53. The molecule has 158 valence electrons. The first-order chi connectivity index (χ1) is 15.5. The van der Waals surface area contributed by atoms with Gasteiger partial charge in [-0.15, -0.1) is 0 Å². The van der Waals surface area contributed by atoms with Crippen molar-refractivity contribution >= 4 is 28.5 Å². The third-order valence-electron chi connectivity index (χ3n) is 6.94. The first kappa shape index (κ1) is 18.8. The highest BCUT2D eigenvalue weighted by Crippen LogP contribution is 2.53. The van der Waals surface area contributed by atoms with Crippen molar-refractivity contribution in [2.75, 3.05) is 5.32 Å². The van der Waals surface area contributed by atoms with Crippen molar-refractivity contribution in [3.05, 3.63) is 84.1 Å². The van der Waals surface area contributed by atoms with Gasteiger partial charge >= 0.3 is 0 Å². The molecule has 1 aromatic heterocycles. The Kier molecular flexibility index (Phi) is 3.99. The highest BCUT2D eigenvalue weighted by molar-refractivity contribution is 6.00. The summed E-state index contributed by atoms with van der Waals surface area (Å²) < 4.78 is 0. The number of piperidine rings is 1. The van der Waals surface area contributed by atoms with E-state index in [1.807, 2.05) is 61.7 Å². The molecule has 2 aliphatic heterocycles. The number of benzene rings is 3. The second-order valence-corrected chi connectivity index (χ2v) is 8.86. The monoisotopic (exact) mass is 422 g/mol. The van der Waals surface area contributed by atoms with Crippen LogP contribution in [0.4, 0.5) is 5.95 Å². The van der Waals surface area contributed by atoms with Gasteiger partial charge in [-0.25, -0.2) is 4.98 Å². The van der Waals surface area contributed by atoms with E-state index in [1.54, 1.807) is 0 Å². The number of aromatic nitrogens is 2. The maximum Gasteiger partial charge on any atom is 0.235 e. The van der Waals surface area contributed by atoms with Gasteiger partial charge in [0.1, 0.15) is 0 Å². The Morgan fingerprint density at radius 3 is 2.66 bits per heavy atom. The minimum Gasteiger partial charge on any atom is -0.348 e. The lowest BCUT2D eigenvalue weighted by Crippen LogP contribution is -2.57. The number of aromatic amines is 1. The molecule has 7 rings (SSSR count). The molecular formula is C26H22N4O2. The molecule has 1 aliphatic carbocycles. The molecule has 3 unspecified atom stereocenters. The van der Waals surface area contributed by atoms with Crippen molar-refractivity contribution in [3.8, 4) is 11.3 Å². The molecule has 6 nitrogen and oxygen atoms in total. The van der Waals surface area contributed by atoms with Crippen LogP contribution in [0, 0.1) is 5.41 Å². The van der Waals surface area contributed by atoms with E-state index in [4.69, 9.17) is 0 Å². The van der Waals surface area contributed by atoms with Gasteiger partial charge in [0.15, 0.2) is 0 Å². The number of hydrogen-bond donors (Lipinski definition) is 3. The van der Waals surface area contributed by atoms with Crippen molar-refractivity contribution in [1.29, 1.82) is 0 Å². The number of amides is 2. The molecule has 3 atom stereocenters. The molecule has 0 saturated carbocycles. The van der Waals surface area contributed by atoms with Crippen LogP contribution in [-0.2, 0) is 9.59 Å². The Labute approximate surface area is 185 Å². The number of imidazole rings is 1. The summed E-state index contributed by atoms with van der Waals surface area (Å²) in [5, 5.41) is 8.26. The topological polar surface area (TPSA) is 86.9 Å². The summed E-state index contributed by atoms with van der Waals surface area (Å²) in [5.74, 6) is -0.0638. The fraction of sp³-hybridized carbons (Fsp3) is 0.192. The minimum absolute atomic E-state index is 0.00443. The van der Waals surface area contributed by atoms with Gasteiger partial charge in [0.25, 0.3) is 0 Å². The normalized spacial score (nSPS) is 23.6. The second-order valence-electron chi connectivity index (χ2n) is 8.86. The molecule has 0 spiro atoms. The SMILES string of the molecule is CC1(C(=O)Nc2nc(-c3cccc4ccccc34)c[nH]2)CC2C(=O)NC1c1ccccc12. The van der Waals surface area contributed by atoms with Gasteiger partial charge in [-0.1, -0.05) is 66.7 Å². The predicted molar refractivity (Wildman–Crippen MR) is 123 cm³/mol. The summed E-state index contributed by atoms with van der Waals surface area (Å²) in [4.78, 5) is 33.7. The Balaban J connectivity index is 1.30. The fourth-order valence-corrected chi connectivity index (χ4v) is 5.25. The Bertz CT molecular complexity index is 1390. The molecule has 3 heterocycles. The largest absolute Gasteiger partial charge is 0.348 e. The van der Waals surface area contributed by atoms with Crippen LogP contribution < -0.4 is 10.6 Å². The van der Waals surface area contributed by atoms with Gasteiger partial charge in [-0.2, -0.15) is 0 Å². The van der Waals surface area contributed by atoms with E-state index in [0.717, 1.165) is 33.2 Å². The number of rotatable bonds is 3. The third kappa shape index (κ3) is 2.69. The lowest BCUT2D eigenvalue weighted by atomic mass is 9.61. The van der Waals surface area contributed by atoms with E-state index in [2.05, 4.69) is 38.8 Å². The maximum absolute atomic E-state index is 13.4. The van der Waals surface area contributed by atoms with Crippen molar-refractivity contribution in [3.63, 3.8) is 0 Å². The van der Waals surface area contributed by atoms with Crippen molar-refractivity contribution in [2.24, 2.45) is 5.41 Å². The van der Waals surface area contributed by atoms with E-state index < -0.39 is 5.41 Å². The summed E-state index contributed by atoms with van der Waals surface area (Å²) in [6.45, 7) is 1.92. The standard InChI is InChI=1S/C26H22N4O2/c1-26(13-20-17-10-4-5-11-19(17)22(26)29-23(20)31)24(32)30-25-27-14-21(28-25)18-12-6-8-15-7-2-3-9-16(15)18/h2-12,14,20,22H,13H2,1H3,(H,29,31)(H2,27,28,30,32). The number of fused-ring (bicyclic) bond motifs is 3. The van der Waals surface area contributed by atoms with Crippen LogP contribution >= 0.6 is 0 Å². The maximum atomic E-state index is 13.4. The number of nitrogens with one attached hydrogen (secondary N) is 3. The van der Waals surface area contributed by atoms with E-state index in [-0.39, 0.29) is 23.8 Å². The van der Waals surface area contributed by atoms with Gasteiger partial charge in [0.05, 0.1) is 23.1 Å². The third-order valence-corrected chi connectivity index (χ3v) is 6.94. The molecule has 3 aromatic carbocycles. The summed E-state index contributed by atoms with van der Waals surface area (Å²) in [6.07, 6.45) is 2.28. The van der Waals surface area contributed by atoms with Crippen LogP contribution in [-0.4, -0.2) is 21.8 Å². The Morgan fingerprint density at radius 1 is 1.03 bits per heavy atom. The van der Waals surface area contributed by atoms with E-state index >= 15 is 0 Å². The van der Waals surface area contributed by atoms with Crippen molar-refractivity contribution in [1.82, 2.24) is 15.3 Å². The molecular weight excluding hydrogens is 400 g/mol. The van der Waals surface area contributed by atoms with Crippen LogP contribution in [0.3, 0.4) is 0 Å². The average molecular weight is 422 g/mol. The molecule has 1 fully saturated rings. The van der Waals surface area contributed by atoms with Crippen LogP contribution in [0.5, 0.6) is 0 Å². The molecule has 1 saturated heterocycles. The summed E-state index contributed by atoms with van der Waals surface area (Å²) >= 11 is 0. The molecule has 32 heavy (non-hydrogen) atoms. The first-order valence-corrected chi connectivity index (χ1v) is 10.8. The van der Waals surface area contributed by atoms with E-state index in [9.17, 15) is 9.59 Å². The van der Waals surface area contributed by atoms with Crippen LogP contribution in [0.15, 0.2) is 72.9 Å². The van der Waals surface area contributed by atoms with Crippen LogP contribution in [0.1, 0.15) is 36.4 Å². The highest BCUT2D eigenvalue weighted by atomic mass is 16.2. The quantitative estimate of drug-likeness (QED) is 0.453. The zero-order valence-corrected chi connectivity index (χ0v) is 17.6. The zero-order valence-electron chi connectivity index (χ0n) is 17.6. The van der Waals surface area contributed by atoms with Gasteiger partial charge in [-0.05, 0) is 35.2 Å².